The van der Waals surface area contributed by atoms with Crippen LogP contribution in [0.2, 0.25) is 0 Å². The minimum atomic E-state index is -0.160. The molecule has 0 saturated heterocycles. The number of aryl methyl sites for hydroxylation is 1. The van der Waals surface area contributed by atoms with E-state index in [0.29, 0.717) is 34.3 Å². The van der Waals surface area contributed by atoms with Crippen LogP contribution in [0.25, 0.3) is 22.4 Å². The van der Waals surface area contributed by atoms with Gasteiger partial charge in [0.2, 0.25) is 5.91 Å². The number of methoxy groups -OCH3 is 1. The lowest BCUT2D eigenvalue weighted by Gasteiger charge is -2.11. The zero-order chi connectivity index (χ0) is 21.3. The van der Waals surface area contributed by atoms with Gasteiger partial charge in [-0.1, -0.05) is 31.1 Å². The van der Waals surface area contributed by atoms with Gasteiger partial charge in [-0.05, 0) is 30.7 Å². The monoisotopic (exact) mass is 405 g/mol. The first-order chi connectivity index (χ1) is 14.5. The molecule has 0 aliphatic heterocycles. The molecule has 4 aromatic rings. The van der Waals surface area contributed by atoms with Crippen LogP contribution in [-0.4, -0.2) is 23.2 Å². The number of rotatable bonds is 6. The SMILES string of the molecule is COc1ccc2c(CC(=O)Nc3c(C)cccc3-c3nc(C(C)C)no3)coc2c1. The number of fused-ring (bicyclic) bond motifs is 1. The van der Waals surface area contributed by atoms with Gasteiger partial charge in [-0.15, -0.1) is 0 Å². The molecule has 1 N–H and O–H groups in total. The number of nitrogens with zero attached hydrogens (tertiary/aromatic N) is 2. The van der Waals surface area contributed by atoms with Crippen LogP contribution in [0.1, 0.15) is 36.7 Å². The van der Waals surface area contributed by atoms with Crippen molar-refractivity contribution in [1.29, 1.82) is 0 Å². The number of para-hydroxylation sites is 1. The number of carbonyl (C=O) groups is 1. The van der Waals surface area contributed by atoms with Crippen LogP contribution in [0, 0.1) is 6.92 Å². The molecule has 2 aromatic heterocycles. The average molecular weight is 405 g/mol. The molecule has 0 atom stereocenters. The topological polar surface area (TPSA) is 90.4 Å². The molecule has 0 fully saturated rings. The van der Waals surface area contributed by atoms with Gasteiger partial charge in [0.05, 0.1) is 31.0 Å². The molecule has 30 heavy (non-hydrogen) atoms. The minimum Gasteiger partial charge on any atom is -0.497 e. The van der Waals surface area contributed by atoms with Gasteiger partial charge < -0.3 is 19.0 Å². The second-order valence-corrected chi connectivity index (χ2v) is 7.46. The van der Waals surface area contributed by atoms with E-state index in [1.54, 1.807) is 19.4 Å². The molecule has 0 saturated carbocycles. The summed E-state index contributed by atoms with van der Waals surface area (Å²) in [5.41, 5.74) is 3.76. The summed E-state index contributed by atoms with van der Waals surface area (Å²) < 4.78 is 16.2. The quantitative estimate of drug-likeness (QED) is 0.480. The fourth-order valence-electron chi connectivity index (χ4n) is 3.27. The Morgan fingerprint density at radius 1 is 1.23 bits per heavy atom. The van der Waals surface area contributed by atoms with Gasteiger partial charge in [-0.3, -0.25) is 4.79 Å². The molecule has 7 heteroatoms. The molecule has 1 amide bonds. The number of hydrogen-bond donors (Lipinski definition) is 1. The third-order valence-electron chi connectivity index (χ3n) is 4.94. The number of anilines is 1. The van der Waals surface area contributed by atoms with E-state index in [1.165, 1.54) is 0 Å². The van der Waals surface area contributed by atoms with Crippen molar-refractivity contribution in [3.63, 3.8) is 0 Å². The Morgan fingerprint density at radius 3 is 2.80 bits per heavy atom. The molecule has 0 aliphatic carbocycles. The highest BCUT2D eigenvalue weighted by Crippen LogP contribution is 2.31. The van der Waals surface area contributed by atoms with E-state index in [-0.39, 0.29) is 18.2 Å². The maximum Gasteiger partial charge on any atom is 0.260 e. The van der Waals surface area contributed by atoms with Gasteiger partial charge in [0, 0.05) is 22.9 Å². The van der Waals surface area contributed by atoms with Gasteiger partial charge in [0.25, 0.3) is 5.89 Å². The van der Waals surface area contributed by atoms with Crippen LogP contribution in [0.4, 0.5) is 5.69 Å². The van der Waals surface area contributed by atoms with Gasteiger partial charge in [-0.25, -0.2) is 0 Å². The molecular weight excluding hydrogens is 382 g/mol. The van der Waals surface area contributed by atoms with Crippen molar-refractivity contribution >= 4 is 22.6 Å². The van der Waals surface area contributed by atoms with Crippen molar-refractivity contribution in [2.75, 3.05) is 12.4 Å². The number of nitrogens with one attached hydrogen (secondary N) is 1. The molecule has 7 nitrogen and oxygen atoms in total. The summed E-state index contributed by atoms with van der Waals surface area (Å²) in [7, 11) is 1.60. The number of carbonyl (C=O) groups excluding carboxylic acids is 1. The standard InChI is InChI=1S/C23H23N3O4/c1-13(2)22-25-23(30-26-22)18-7-5-6-14(3)21(18)24-20(27)10-15-12-29-19-11-16(28-4)8-9-17(15)19/h5-9,11-13H,10H2,1-4H3,(H,24,27). The summed E-state index contributed by atoms with van der Waals surface area (Å²) in [6, 6.07) is 11.2. The third kappa shape index (κ3) is 3.78. The summed E-state index contributed by atoms with van der Waals surface area (Å²) in [5, 5.41) is 7.92. The first kappa shape index (κ1) is 19.7. The minimum absolute atomic E-state index is 0.151. The van der Waals surface area contributed by atoms with Crippen LogP contribution in [0.15, 0.2) is 51.6 Å². The second kappa shape index (κ2) is 8.02. The first-order valence-electron chi connectivity index (χ1n) is 9.74. The van der Waals surface area contributed by atoms with Crippen LogP contribution in [0.3, 0.4) is 0 Å². The summed E-state index contributed by atoms with van der Waals surface area (Å²) in [5.74, 6) is 1.71. The highest BCUT2D eigenvalue weighted by Gasteiger charge is 2.19. The predicted octanol–water partition coefficient (Wildman–Crippen LogP) is 5.10. The van der Waals surface area contributed by atoms with Crippen molar-refractivity contribution < 1.29 is 18.5 Å². The highest BCUT2D eigenvalue weighted by atomic mass is 16.5. The molecule has 4 rings (SSSR count). The van der Waals surface area contributed by atoms with E-state index in [2.05, 4.69) is 15.5 Å². The van der Waals surface area contributed by atoms with Crippen molar-refractivity contribution in [3.8, 4) is 17.2 Å². The number of furan rings is 1. The lowest BCUT2D eigenvalue weighted by atomic mass is 10.1. The molecular formula is C23H23N3O4. The van der Waals surface area contributed by atoms with E-state index in [9.17, 15) is 4.79 Å². The predicted molar refractivity (Wildman–Crippen MR) is 114 cm³/mol. The maximum absolute atomic E-state index is 12.9. The van der Waals surface area contributed by atoms with Crippen LogP contribution in [-0.2, 0) is 11.2 Å². The highest BCUT2D eigenvalue weighted by molar-refractivity contribution is 5.98. The Kier molecular flexibility index (Phi) is 5.27. The van der Waals surface area contributed by atoms with Crippen molar-refractivity contribution in [3.05, 3.63) is 59.6 Å². The van der Waals surface area contributed by atoms with Gasteiger partial charge in [0.1, 0.15) is 11.3 Å². The van der Waals surface area contributed by atoms with Crippen molar-refractivity contribution in [2.45, 2.75) is 33.1 Å². The number of aromatic nitrogens is 2. The Bertz CT molecular complexity index is 1210. The second-order valence-electron chi connectivity index (χ2n) is 7.46. The molecule has 154 valence electrons. The summed E-state index contributed by atoms with van der Waals surface area (Å²) in [4.78, 5) is 17.3. The largest absolute Gasteiger partial charge is 0.497 e. The van der Waals surface area contributed by atoms with Gasteiger partial charge in [0.15, 0.2) is 5.82 Å². The summed E-state index contributed by atoms with van der Waals surface area (Å²) in [6.07, 6.45) is 1.78. The van der Waals surface area contributed by atoms with Crippen LogP contribution in [0.5, 0.6) is 5.75 Å². The molecule has 0 bridgehead atoms. The van der Waals surface area contributed by atoms with E-state index in [0.717, 1.165) is 16.5 Å². The number of benzene rings is 2. The Morgan fingerprint density at radius 2 is 2.07 bits per heavy atom. The molecule has 0 unspecified atom stereocenters. The number of hydrogen-bond acceptors (Lipinski definition) is 6. The fourth-order valence-corrected chi connectivity index (χ4v) is 3.27. The van der Waals surface area contributed by atoms with E-state index in [1.807, 2.05) is 51.1 Å². The fraction of sp³-hybridized carbons (Fsp3) is 0.261. The smallest absolute Gasteiger partial charge is 0.260 e. The van der Waals surface area contributed by atoms with Gasteiger partial charge >= 0.3 is 0 Å². The molecule has 2 heterocycles. The lowest BCUT2D eigenvalue weighted by Crippen LogP contribution is -2.15. The Labute approximate surface area is 174 Å². The summed E-state index contributed by atoms with van der Waals surface area (Å²) in [6.45, 7) is 5.93. The van der Waals surface area contributed by atoms with Crippen molar-refractivity contribution in [2.24, 2.45) is 0 Å². The zero-order valence-corrected chi connectivity index (χ0v) is 17.4. The third-order valence-corrected chi connectivity index (χ3v) is 4.94. The average Bonchev–Trinajstić information content (AvgIpc) is 3.37. The van der Waals surface area contributed by atoms with Crippen LogP contribution < -0.4 is 10.1 Å². The maximum atomic E-state index is 12.9. The zero-order valence-electron chi connectivity index (χ0n) is 17.4. The molecule has 0 spiro atoms. The first-order valence-corrected chi connectivity index (χ1v) is 9.74. The Hall–Kier alpha value is -3.61. The number of amides is 1. The Balaban J connectivity index is 1.59. The molecule has 0 radical (unpaired) electrons. The van der Waals surface area contributed by atoms with E-state index in [4.69, 9.17) is 13.7 Å². The van der Waals surface area contributed by atoms with E-state index < -0.39 is 0 Å². The van der Waals surface area contributed by atoms with E-state index >= 15 is 0 Å². The molecule has 0 aliphatic rings. The summed E-state index contributed by atoms with van der Waals surface area (Å²) >= 11 is 0. The number of ether oxygens (including phenoxy) is 1. The van der Waals surface area contributed by atoms with Crippen LogP contribution >= 0.6 is 0 Å². The van der Waals surface area contributed by atoms with Gasteiger partial charge in [-0.2, -0.15) is 4.98 Å². The normalized spacial score (nSPS) is 11.2. The molecule has 2 aromatic carbocycles. The van der Waals surface area contributed by atoms with Crippen molar-refractivity contribution in [1.82, 2.24) is 10.1 Å². The lowest BCUT2D eigenvalue weighted by molar-refractivity contribution is -0.115.